The molecular weight excluding hydrogens is 72.1 g/mol. The highest BCUT2D eigenvalue weighted by Gasteiger charge is 1.32. The molecule has 0 aromatic rings. The summed E-state index contributed by atoms with van der Waals surface area (Å²) >= 11 is 0.370. The summed E-state index contributed by atoms with van der Waals surface area (Å²) in [5.74, 6) is 0. The Morgan fingerprint density at radius 2 is 2.25 bits per heavy atom. The van der Waals surface area contributed by atoms with E-state index in [9.17, 15) is 0 Å². The van der Waals surface area contributed by atoms with Crippen LogP contribution in [0.2, 0.25) is 0 Å². The minimum Gasteiger partial charge on any atom is -0.213 e. The van der Waals surface area contributed by atoms with E-state index in [4.69, 9.17) is 4.21 Å². The Labute approximate surface area is 28.7 Å². The van der Waals surface area contributed by atoms with Gasteiger partial charge in [0.2, 0.25) is 0 Å². The maximum Gasteiger partial charge on any atom is 0.0841 e. The first kappa shape index (κ1) is 3.89. The van der Waals surface area contributed by atoms with Gasteiger partial charge in [0.1, 0.15) is 0 Å². The quantitative estimate of drug-likeness (QED) is 0.365. The van der Waals surface area contributed by atoms with Crippen LogP contribution in [0.25, 0.3) is 0 Å². The van der Waals surface area contributed by atoms with Crippen LogP contribution in [0.5, 0.6) is 0 Å². The molecule has 0 atom stereocenters. The third-order valence-electron chi connectivity index (χ3n) is 0.0680. The van der Waals surface area contributed by atoms with E-state index < -0.39 is 0 Å². The average Bonchev–Trinajstić information content (AvgIpc) is 1.37. The van der Waals surface area contributed by atoms with Crippen LogP contribution in [0.15, 0.2) is 0 Å². The number of hydrogen-bond donors (Lipinski definition) is 0. The summed E-state index contributed by atoms with van der Waals surface area (Å²) in [7, 11) is 0. The lowest BCUT2D eigenvalue weighted by atomic mass is 11.0. The van der Waals surface area contributed by atoms with Gasteiger partial charge in [-0.3, -0.25) is 0 Å². The molecule has 0 rings (SSSR count). The van der Waals surface area contributed by atoms with E-state index in [1.54, 1.807) is 0 Å². The van der Waals surface area contributed by atoms with Crippen molar-refractivity contribution in [1.82, 2.24) is 0 Å². The molecule has 0 spiro atoms. The van der Waals surface area contributed by atoms with E-state index in [1.165, 1.54) is 5.37 Å². The normalized spacial score (nSPS) is 5.25. The van der Waals surface area contributed by atoms with Gasteiger partial charge in [0.25, 0.3) is 0 Å². The van der Waals surface area contributed by atoms with Crippen LogP contribution < -0.4 is 0 Å². The molecule has 0 amide bonds. The van der Waals surface area contributed by atoms with Crippen molar-refractivity contribution in [1.29, 1.82) is 0 Å². The van der Waals surface area contributed by atoms with Crippen molar-refractivity contribution in [2.45, 2.75) is 0 Å². The molecule has 2 heteroatoms. The highest BCUT2D eigenvalue weighted by Crippen LogP contribution is 1.20. The second-order valence-electron chi connectivity index (χ2n) is 0.263. The first-order valence-corrected chi connectivity index (χ1v) is 1.62. The zero-order valence-corrected chi connectivity index (χ0v) is 2.92. The lowest BCUT2D eigenvalue weighted by Crippen LogP contribution is -1.44. The second-order valence-corrected chi connectivity index (χ2v) is 0.789. The minimum absolute atomic E-state index is 0.370. The molecule has 4 heavy (non-hydrogen) atoms. The molecule has 0 heterocycles. The summed E-state index contributed by atoms with van der Waals surface area (Å²) < 4.78 is 9.10. The van der Waals surface area contributed by atoms with Crippen LogP contribution in [0.1, 0.15) is 0 Å². The second kappa shape index (κ2) is 2.89. The van der Waals surface area contributed by atoms with Gasteiger partial charge in [0.05, 0.1) is 11.3 Å². The highest BCUT2D eigenvalue weighted by atomic mass is 32.1. The first-order chi connectivity index (χ1) is 1.91. The monoisotopic (exact) mass is 75.0 g/mol. The Morgan fingerprint density at radius 1 is 2.00 bits per heavy atom. The fraction of sp³-hybridized carbons (Fsp3) is 0. The van der Waals surface area contributed by atoms with Crippen LogP contribution in [-0.2, 0) is 11.3 Å². The van der Waals surface area contributed by atoms with Gasteiger partial charge in [-0.25, -0.2) is 4.21 Å². The average molecular weight is 75.1 g/mol. The Kier molecular flexibility index (Phi) is 2.81. The molecule has 0 unspecified atom stereocenters. The lowest BCUT2D eigenvalue weighted by molar-refractivity contribution is 0.701. The van der Waals surface area contributed by atoms with Gasteiger partial charge in [0.15, 0.2) is 0 Å². The van der Waals surface area contributed by atoms with Crippen LogP contribution in [0, 0.1) is 6.92 Å². The van der Waals surface area contributed by atoms with Crippen molar-refractivity contribution in [3.8, 4) is 0 Å². The third kappa shape index (κ3) is 1.89. The van der Waals surface area contributed by atoms with Crippen LogP contribution in [0.4, 0.5) is 0 Å². The summed E-state index contributed by atoms with van der Waals surface area (Å²) in [6.07, 6.45) is 0. The van der Waals surface area contributed by atoms with Gasteiger partial charge < -0.3 is 0 Å². The Balaban J connectivity index is 3.11. The smallest absolute Gasteiger partial charge is 0.0841 e. The topological polar surface area (TPSA) is 17.1 Å². The molecule has 0 aromatic carbocycles. The molecule has 0 aliphatic carbocycles. The largest absolute Gasteiger partial charge is 0.213 e. The molecule has 0 aromatic heterocycles. The lowest BCUT2D eigenvalue weighted by Gasteiger charge is -1.30. The van der Waals surface area contributed by atoms with Gasteiger partial charge in [-0.15, -0.1) is 0 Å². The summed E-state index contributed by atoms with van der Waals surface area (Å²) in [5.41, 5.74) is 0. The summed E-state index contributed by atoms with van der Waals surface area (Å²) in [5, 5.41) is 1.24. The molecular formula is C2H3OS. The molecule has 0 saturated heterocycles. The number of rotatable bonds is 0. The van der Waals surface area contributed by atoms with Gasteiger partial charge in [-0.1, -0.05) is 0 Å². The molecule has 0 bridgehead atoms. The van der Waals surface area contributed by atoms with Gasteiger partial charge in [0, 0.05) is 5.37 Å². The zero-order chi connectivity index (χ0) is 3.41. The predicted molar refractivity (Wildman–Crippen MR) is 19.6 cm³/mol. The van der Waals surface area contributed by atoms with Crippen molar-refractivity contribution in [3.05, 3.63) is 6.92 Å². The van der Waals surface area contributed by atoms with Crippen molar-refractivity contribution in [2.75, 3.05) is 0 Å². The van der Waals surface area contributed by atoms with E-state index in [2.05, 4.69) is 6.92 Å². The molecule has 1 nitrogen and oxygen atoms in total. The fourth-order valence-corrected chi connectivity index (χ4v) is 0. The summed E-state index contributed by atoms with van der Waals surface area (Å²) in [6, 6.07) is 0. The third-order valence-corrected chi connectivity index (χ3v) is 0.204. The van der Waals surface area contributed by atoms with E-state index in [0.717, 1.165) is 0 Å². The molecule has 0 aliphatic rings. The molecule has 1 radical (unpaired) electrons. The van der Waals surface area contributed by atoms with Gasteiger partial charge in [-0.2, -0.15) is 0 Å². The van der Waals surface area contributed by atoms with Crippen molar-refractivity contribution >= 4 is 16.6 Å². The minimum atomic E-state index is 0.370. The maximum absolute atomic E-state index is 9.10. The van der Waals surface area contributed by atoms with Crippen LogP contribution >= 0.6 is 0 Å². The Morgan fingerprint density at radius 3 is 2.25 bits per heavy atom. The van der Waals surface area contributed by atoms with E-state index in [-0.39, 0.29) is 0 Å². The van der Waals surface area contributed by atoms with Crippen LogP contribution in [0.3, 0.4) is 0 Å². The number of hydrogen-bond acceptors (Lipinski definition) is 1. The summed E-state index contributed by atoms with van der Waals surface area (Å²) in [6.45, 7) is 3.13. The van der Waals surface area contributed by atoms with Crippen molar-refractivity contribution in [2.24, 2.45) is 0 Å². The standard InChI is InChI=1S/C2H3OS/c1-2-4-3/h2H,1H2. The van der Waals surface area contributed by atoms with Gasteiger partial charge in [-0.05, 0) is 6.92 Å². The maximum atomic E-state index is 9.10. The molecule has 0 fully saturated rings. The molecule has 0 saturated carbocycles. The van der Waals surface area contributed by atoms with Crippen molar-refractivity contribution < 1.29 is 4.21 Å². The zero-order valence-electron chi connectivity index (χ0n) is 2.10. The van der Waals surface area contributed by atoms with E-state index >= 15 is 0 Å². The fourth-order valence-electron chi connectivity index (χ4n) is 0. The predicted octanol–water partition coefficient (Wildman–Crippen LogP) is -0.164. The Bertz CT molecular complexity index is 44.0. The summed E-state index contributed by atoms with van der Waals surface area (Å²) in [4.78, 5) is 0. The van der Waals surface area contributed by atoms with E-state index in [0.29, 0.717) is 11.3 Å². The van der Waals surface area contributed by atoms with E-state index in [1.807, 2.05) is 0 Å². The van der Waals surface area contributed by atoms with Gasteiger partial charge >= 0.3 is 0 Å². The molecule has 0 N–H and O–H groups in total. The molecule has 23 valence electrons. The Hall–Kier alpha value is -0.110. The molecule has 0 aliphatic heterocycles. The highest BCUT2D eigenvalue weighted by molar-refractivity contribution is 7.65. The SMILES string of the molecule is [CH2]C=S=O. The van der Waals surface area contributed by atoms with Crippen LogP contribution in [-0.4, -0.2) is 9.58 Å². The first-order valence-electron chi connectivity index (χ1n) is 0.811. The van der Waals surface area contributed by atoms with Crippen molar-refractivity contribution in [3.63, 3.8) is 0 Å².